The number of nitrogens with zero attached hydrogens (tertiary/aromatic N) is 4. The second kappa shape index (κ2) is 15.4. The van der Waals surface area contributed by atoms with Gasteiger partial charge in [0.15, 0.2) is 0 Å². The molecular weight excluding hydrogens is 508 g/mol. The zero-order valence-electron chi connectivity index (χ0n) is 21.6. The molecule has 4 rings (SSSR count). The molecule has 0 radical (unpaired) electrons. The van der Waals surface area contributed by atoms with E-state index in [1.165, 1.54) is 0 Å². The number of ether oxygens (including phenoxy) is 2. The minimum atomic E-state index is -0.303. The molecule has 0 unspecified atom stereocenters. The monoisotopic (exact) mass is 536 g/mol. The first-order valence-electron chi connectivity index (χ1n) is 12.5. The summed E-state index contributed by atoms with van der Waals surface area (Å²) in [7, 11) is 0. The van der Waals surface area contributed by atoms with Crippen molar-refractivity contribution in [2.45, 2.75) is 0 Å². The predicted octanol–water partition coefficient (Wildman–Crippen LogP) is 7.13. The Kier molecular flexibility index (Phi) is 10.7. The van der Waals surface area contributed by atoms with E-state index in [1.54, 1.807) is 48.5 Å². The van der Waals surface area contributed by atoms with Gasteiger partial charge in [-0.2, -0.15) is 20.5 Å². The lowest BCUT2D eigenvalue weighted by atomic mass is 10.3. The SMILES string of the molecule is O=C(COCCOCC(=O)Nc1ccc(N=Nc2ccccc2)cc1)Nc1ccc(N=Nc2ccccc2)cc1. The van der Waals surface area contributed by atoms with E-state index in [4.69, 9.17) is 9.47 Å². The van der Waals surface area contributed by atoms with Crippen LogP contribution in [-0.4, -0.2) is 38.2 Å². The molecule has 4 aromatic carbocycles. The molecule has 0 heterocycles. The highest BCUT2D eigenvalue weighted by Crippen LogP contribution is 2.21. The van der Waals surface area contributed by atoms with Crippen LogP contribution in [0.5, 0.6) is 0 Å². The van der Waals surface area contributed by atoms with E-state index in [2.05, 4.69) is 31.1 Å². The largest absolute Gasteiger partial charge is 0.369 e. The highest BCUT2D eigenvalue weighted by Gasteiger charge is 2.05. The predicted molar refractivity (Wildman–Crippen MR) is 153 cm³/mol. The summed E-state index contributed by atoms with van der Waals surface area (Å²) in [6, 6.07) is 32.8. The molecule has 4 aromatic rings. The van der Waals surface area contributed by atoms with Crippen LogP contribution in [0.3, 0.4) is 0 Å². The Morgan fingerprint density at radius 2 is 0.800 bits per heavy atom. The van der Waals surface area contributed by atoms with E-state index in [0.29, 0.717) is 22.7 Å². The lowest BCUT2D eigenvalue weighted by molar-refractivity contribution is -0.124. The molecule has 0 bridgehead atoms. The molecule has 0 fully saturated rings. The smallest absolute Gasteiger partial charge is 0.250 e. The maximum absolute atomic E-state index is 12.1. The molecule has 2 N–H and O–H groups in total. The maximum atomic E-state index is 12.1. The third-order valence-corrected chi connectivity index (χ3v) is 5.21. The first-order chi connectivity index (χ1) is 19.6. The van der Waals surface area contributed by atoms with Gasteiger partial charge in [0, 0.05) is 11.4 Å². The number of nitrogens with one attached hydrogen (secondary N) is 2. The molecule has 0 aliphatic heterocycles. The van der Waals surface area contributed by atoms with E-state index in [0.717, 1.165) is 11.4 Å². The van der Waals surface area contributed by atoms with Crippen molar-refractivity contribution in [2.24, 2.45) is 20.5 Å². The van der Waals surface area contributed by atoms with E-state index >= 15 is 0 Å². The highest BCUT2D eigenvalue weighted by atomic mass is 16.5. The van der Waals surface area contributed by atoms with Gasteiger partial charge in [0.1, 0.15) is 13.2 Å². The Morgan fingerprint density at radius 1 is 0.475 bits per heavy atom. The van der Waals surface area contributed by atoms with E-state index in [1.807, 2.05) is 60.7 Å². The maximum Gasteiger partial charge on any atom is 0.250 e. The summed E-state index contributed by atoms with van der Waals surface area (Å²) < 4.78 is 10.7. The van der Waals surface area contributed by atoms with E-state index < -0.39 is 0 Å². The molecule has 0 spiro atoms. The second-order valence-corrected chi connectivity index (χ2v) is 8.37. The molecule has 10 nitrogen and oxygen atoms in total. The van der Waals surface area contributed by atoms with Gasteiger partial charge in [0.25, 0.3) is 0 Å². The molecular formula is C30H28N6O4. The van der Waals surface area contributed by atoms with Crippen LogP contribution >= 0.6 is 0 Å². The summed E-state index contributed by atoms with van der Waals surface area (Å²) in [6.45, 7) is 0.0548. The Bertz CT molecular complexity index is 1300. The number of hydrogen-bond donors (Lipinski definition) is 2. The van der Waals surface area contributed by atoms with Crippen molar-refractivity contribution in [3.8, 4) is 0 Å². The summed E-state index contributed by atoms with van der Waals surface area (Å²) >= 11 is 0. The van der Waals surface area contributed by atoms with Crippen LogP contribution in [0.25, 0.3) is 0 Å². The van der Waals surface area contributed by atoms with Crippen LogP contribution < -0.4 is 10.6 Å². The molecule has 2 amide bonds. The molecule has 0 atom stereocenters. The average molecular weight is 537 g/mol. The van der Waals surface area contributed by atoms with Crippen LogP contribution in [-0.2, 0) is 19.1 Å². The number of benzene rings is 4. The van der Waals surface area contributed by atoms with Gasteiger partial charge in [0.05, 0.1) is 36.0 Å². The van der Waals surface area contributed by atoms with Crippen molar-refractivity contribution >= 4 is 45.9 Å². The molecule has 0 saturated carbocycles. The second-order valence-electron chi connectivity index (χ2n) is 8.37. The van der Waals surface area contributed by atoms with Crippen molar-refractivity contribution in [3.63, 3.8) is 0 Å². The van der Waals surface area contributed by atoms with Crippen molar-refractivity contribution in [2.75, 3.05) is 37.1 Å². The van der Waals surface area contributed by atoms with E-state index in [-0.39, 0.29) is 38.2 Å². The summed E-state index contributed by atoms with van der Waals surface area (Å²) in [4.78, 5) is 24.2. The summed E-state index contributed by atoms with van der Waals surface area (Å²) in [6.07, 6.45) is 0. The van der Waals surface area contributed by atoms with Crippen molar-refractivity contribution in [1.82, 2.24) is 0 Å². The highest BCUT2D eigenvalue weighted by molar-refractivity contribution is 5.92. The van der Waals surface area contributed by atoms with Gasteiger partial charge in [-0.3, -0.25) is 9.59 Å². The van der Waals surface area contributed by atoms with Crippen LogP contribution in [0.4, 0.5) is 34.1 Å². The Labute approximate surface area is 231 Å². The minimum absolute atomic E-state index is 0.140. The van der Waals surface area contributed by atoms with E-state index in [9.17, 15) is 9.59 Å². The Hall–Kier alpha value is -5.06. The van der Waals surface area contributed by atoms with Gasteiger partial charge in [-0.25, -0.2) is 0 Å². The third-order valence-electron chi connectivity index (χ3n) is 5.21. The molecule has 0 aliphatic rings. The first kappa shape index (κ1) is 28.0. The van der Waals surface area contributed by atoms with Gasteiger partial charge in [-0.15, -0.1) is 0 Å². The quantitative estimate of drug-likeness (QED) is 0.139. The zero-order valence-corrected chi connectivity index (χ0v) is 21.6. The van der Waals surface area contributed by atoms with Gasteiger partial charge in [0.2, 0.25) is 11.8 Å². The molecule has 202 valence electrons. The van der Waals surface area contributed by atoms with Crippen LogP contribution in [0, 0.1) is 0 Å². The van der Waals surface area contributed by atoms with Crippen LogP contribution in [0.15, 0.2) is 130 Å². The molecule has 10 heteroatoms. The van der Waals surface area contributed by atoms with Crippen molar-refractivity contribution in [3.05, 3.63) is 109 Å². The molecule has 0 aromatic heterocycles. The average Bonchev–Trinajstić information content (AvgIpc) is 2.99. The zero-order chi connectivity index (χ0) is 27.8. The van der Waals surface area contributed by atoms with Gasteiger partial charge >= 0.3 is 0 Å². The van der Waals surface area contributed by atoms with Crippen molar-refractivity contribution in [1.29, 1.82) is 0 Å². The number of hydrogen-bond acceptors (Lipinski definition) is 8. The standard InChI is InChI=1S/C30H28N6O4/c37-29(31-23-11-15-27(16-12-23)35-33-25-7-3-1-4-8-25)21-39-19-20-40-22-30(38)32-24-13-17-28(18-14-24)36-34-26-9-5-2-6-10-26/h1-18H,19-22H2,(H,31,37)(H,32,38). The Balaban J connectivity index is 1.07. The van der Waals surface area contributed by atoms with Crippen LogP contribution in [0.1, 0.15) is 0 Å². The fraction of sp³-hybridized carbons (Fsp3) is 0.133. The number of azo groups is 2. The number of carbonyl (C=O) groups excluding carboxylic acids is 2. The number of rotatable bonds is 13. The van der Waals surface area contributed by atoms with Crippen LogP contribution in [0.2, 0.25) is 0 Å². The topological polar surface area (TPSA) is 126 Å². The van der Waals surface area contributed by atoms with Gasteiger partial charge in [-0.05, 0) is 72.8 Å². The third kappa shape index (κ3) is 10.0. The Morgan fingerprint density at radius 3 is 1.15 bits per heavy atom. The fourth-order valence-electron chi connectivity index (χ4n) is 3.28. The van der Waals surface area contributed by atoms with Gasteiger partial charge in [-0.1, -0.05) is 36.4 Å². The lowest BCUT2D eigenvalue weighted by Crippen LogP contribution is -2.22. The number of carbonyl (C=O) groups is 2. The summed E-state index contributed by atoms with van der Waals surface area (Å²) in [5.74, 6) is -0.605. The summed E-state index contributed by atoms with van der Waals surface area (Å²) in [5.41, 5.74) is 4.09. The molecule has 0 saturated heterocycles. The molecule has 40 heavy (non-hydrogen) atoms. The number of amides is 2. The van der Waals surface area contributed by atoms with Gasteiger partial charge < -0.3 is 20.1 Å². The lowest BCUT2D eigenvalue weighted by Gasteiger charge is -2.08. The fourth-order valence-corrected chi connectivity index (χ4v) is 3.28. The van der Waals surface area contributed by atoms with Crippen molar-refractivity contribution < 1.29 is 19.1 Å². The molecule has 0 aliphatic carbocycles. The normalized spacial score (nSPS) is 11.1. The minimum Gasteiger partial charge on any atom is -0.369 e. The first-order valence-corrected chi connectivity index (χ1v) is 12.5. The summed E-state index contributed by atoms with van der Waals surface area (Å²) in [5, 5.41) is 22.1. The number of anilines is 2.